The van der Waals surface area contributed by atoms with E-state index in [9.17, 15) is 0 Å². The number of aromatic nitrogens is 4. The average Bonchev–Trinajstić information content (AvgIpc) is 2.98. The van der Waals surface area contributed by atoms with E-state index in [1.54, 1.807) is 0 Å². The van der Waals surface area contributed by atoms with Gasteiger partial charge in [-0.05, 0) is 35.9 Å². The van der Waals surface area contributed by atoms with Crippen LogP contribution in [0.2, 0.25) is 0 Å². The van der Waals surface area contributed by atoms with Crippen molar-refractivity contribution in [1.29, 1.82) is 0 Å². The zero-order valence-electron chi connectivity index (χ0n) is 14.1. The monoisotopic (exact) mass is 330 g/mol. The highest BCUT2D eigenvalue weighted by Gasteiger charge is 2.10. The van der Waals surface area contributed by atoms with Crippen LogP contribution >= 0.6 is 0 Å². The first-order chi connectivity index (χ1) is 12.1. The molecule has 0 saturated heterocycles. The number of benzene rings is 2. The standard InChI is InChI=1S/C19H18N6/c1-24(2)14-10-7-13(8-11-14)9-12-17-22-18(20)23-19-21-15-5-3-4-6-16(15)25(17)19/h3-12H,1-2H3,(H2,20,21,23). The molecule has 0 spiro atoms. The summed E-state index contributed by atoms with van der Waals surface area (Å²) < 4.78 is 1.91. The van der Waals surface area contributed by atoms with E-state index in [-0.39, 0.29) is 5.95 Å². The van der Waals surface area contributed by atoms with E-state index in [1.807, 2.05) is 54.9 Å². The first-order valence-electron chi connectivity index (χ1n) is 7.98. The van der Waals surface area contributed by atoms with Gasteiger partial charge in [-0.15, -0.1) is 0 Å². The molecule has 4 rings (SSSR count). The number of imidazole rings is 1. The molecule has 0 bridgehead atoms. The first kappa shape index (κ1) is 15.1. The molecule has 2 heterocycles. The lowest BCUT2D eigenvalue weighted by Crippen LogP contribution is -2.07. The average molecular weight is 330 g/mol. The Labute approximate surface area is 145 Å². The van der Waals surface area contributed by atoms with Crippen LogP contribution in [0.1, 0.15) is 11.4 Å². The molecule has 25 heavy (non-hydrogen) atoms. The number of nitrogens with two attached hydrogens (primary N) is 1. The molecule has 0 saturated carbocycles. The molecule has 124 valence electrons. The van der Waals surface area contributed by atoms with Crippen molar-refractivity contribution in [2.24, 2.45) is 0 Å². The minimum atomic E-state index is 0.213. The second kappa shape index (κ2) is 5.90. The van der Waals surface area contributed by atoms with E-state index in [0.29, 0.717) is 11.6 Å². The molecule has 2 N–H and O–H groups in total. The van der Waals surface area contributed by atoms with Crippen LogP contribution in [0.25, 0.3) is 29.0 Å². The van der Waals surface area contributed by atoms with Gasteiger partial charge in [0.2, 0.25) is 11.7 Å². The SMILES string of the molecule is CN(C)c1ccc(C=Cc2nc(N)nc3nc4ccccc4n23)cc1. The van der Waals surface area contributed by atoms with E-state index >= 15 is 0 Å². The fourth-order valence-corrected chi connectivity index (χ4v) is 2.78. The van der Waals surface area contributed by atoms with Gasteiger partial charge in [-0.1, -0.05) is 30.3 Å². The van der Waals surface area contributed by atoms with Gasteiger partial charge >= 0.3 is 0 Å². The van der Waals surface area contributed by atoms with Gasteiger partial charge in [0.05, 0.1) is 11.0 Å². The Morgan fingerprint density at radius 3 is 2.44 bits per heavy atom. The lowest BCUT2D eigenvalue weighted by Gasteiger charge is -2.11. The fourth-order valence-electron chi connectivity index (χ4n) is 2.78. The van der Waals surface area contributed by atoms with Gasteiger partial charge in [0.15, 0.2) is 0 Å². The summed E-state index contributed by atoms with van der Waals surface area (Å²) in [4.78, 5) is 15.2. The largest absolute Gasteiger partial charge is 0.378 e. The molecule has 0 aliphatic carbocycles. The van der Waals surface area contributed by atoms with Gasteiger partial charge in [0.25, 0.3) is 0 Å². The Bertz CT molecular complexity index is 1080. The number of anilines is 2. The lowest BCUT2D eigenvalue weighted by molar-refractivity contribution is 1.02. The maximum absolute atomic E-state index is 5.85. The van der Waals surface area contributed by atoms with Crippen molar-refractivity contribution in [1.82, 2.24) is 19.4 Å². The number of nitrogens with zero attached hydrogens (tertiary/aromatic N) is 5. The second-order valence-corrected chi connectivity index (χ2v) is 6.00. The summed E-state index contributed by atoms with van der Waals surface area (Å²) in [5.41, 5.74) is 9.92. The fraction of sp³-hybridized carbons (Fsp3) is 0.105. The molecule has 2 aromatic heterocycles. The summed E-state index contributed by atoms with van der Waals surface area (Å²) in [6.07, 6.45) is 3.94. The van der Waals surface area contributed by atoms with Crippen molar-refractivity contribution < 1.29 is 0 Å². The Kier molecular flexibility index (Phi) is 3.57. The Morgan fingerprint density at radius 2 is 1.68 bits per heavy atom. The van der Waals surface area contributed by atoms with Crippen molar-refractivity contribution in [3.05, 3.63) is 59.9 Å². The van der Waals surface area contributed by atoms with Crippen LogP contribution in [-0.2, 0) is 0 Å². The van der Waals surface area contributed by atoms with E-state index in [0.717, 1.165) is 22.3 Å². The van der Waals surface area contributed by atoms with Crippen LogP contribution < -0.4 is 10.6 Å². The molecule has 6 nitrogen and oxygen atoms in total. The summed E-state index contributed by atoms with van der Waals surface area (Å²) in [5, 5.41) is 0. The Morgan fingerprint density at radius 1 is 0.920 bits per heavy atom. The third kappa shape index (κ3) is 2.78. The van der Waals surface area contributed by atoms with E-state index in [1.165, 1.54) is 0 Å². The minimum Gasteiger partial charge on any atom is -0.378 e. The van der Waals surface area contributed by atoms with Crippen LogP contribution in [0.3, 0.4) is 0 Å². The molecule has 0 unspecified atom stereocenters. The Balaban J connectivity index is 1.80. The molecule has 0 amide bonds. The van der Waals surface area contributed by atoms with Crippen molar-refractivity contribution in [2.75, 3.05) is 24.7 Å². The maximum Gasteiger partial charge on any atom is 0.239 e. The second-order valence-electron chi connectivity index (χ2n) is 6.00. The zero-order chi connectivity index (χ0) is 17.4. The van der Waals surface area contributed by atoms with Gasteiger partial charge in [0.1, 0.15) is 5.82 Å². The van der Waals surface area contributed by atoms with E-state index in [4.69, 9.17) is 5.73 Å². The third-order valence-corrected chi connectivity index (χ3v) is 4.05. The molecule has 2 aromatic carbocycles. The third-order valence-electron chi connectivity index (χ3n) is 4.05. The molecule has 0 radical (unpaired) electrons. The molecular weight excluding hydrogens is 312 g/mol. The van der Waals surface area contributed by atoms with Crippen LogP contribution in [-0.4, -0.2) is 33.4 Å². The number of hydrogen-bond acceptors (Lipinski definition) is 5. The predicted octanol–water partition coefficient (Wildman–Crippen LogP) is 3.10. The topological polar surface area (TPSA) is 72.3 Å². The van der Waals surface area contributed by atoms with E-state index < -0.39 is 0 Å². The summed E-state index contributed by atoms with van der Waals surface area (Å²) in [7, 11) is 4.05. The normalized spacial score (nSPS) is 11.6. The summed E-state index contributed by atoms with van der Waals surface area (Å²) >= 11 is 0. The number of rotatable bonds is 3. The van der Waals surface area contributed by atoms with Crippen LogP contribution in [0.4, 0.5) is 11.6 Å². The van der Waals surface area contributed by atoms with Gasteiger partial charge in [-0.3, -0.25) is 4.40 Å². The quantitative estimate of drug-likeness (QED) is 0.625. The summed E-state index contributed by atoms with van der Waals surface area (Å²) in [6, 6.07) is 16.2. The van der Waals surface area contributed by atoms with Crippen molar-refractivity contribution in [3.8, 4) is 0 Å². The molecule has 0 aliphatic rings. The van der Waals surface area contributed by atoms with Crippen molar-refractivity contribution in [3.63, 3.8) is 0 Å². The highest BCUT2D eigenvalue weighted by atomic mass is 15.2. The van der Waals surface area contributed by atoms with Crippen molar-refractivity contribution in [2.45, 2.75) is 0 Å². The smallest absolute Gasteiger partial charge is 0.239 e. The number of nitrogen functional groups attached to an aromatic ring is 1. The summed E-state index contributed by atoms with van der Waals surface area (Å²) in [6.45, 7) is 0. The highest BCUT2D eigenvalue weighted by molar-refractivity contribution is 5.81. The molecule has 4 aromatic rings. The van der Waals surface area contributed by atoms with Crippen molar-refractivity contribution >= 4 is 40.6 Å². The molecule has 0 aliphatic heterocycles. The molecule has 0 fully saturated rings. The van der Waals surface area contributed by atoms with Gasteiger partial charge in [-0.25, -0.2) is 4.98 Å². The number of hydrogen-bond donors (Lipinski definition) is 1. The van der Waals surface area contributed by atoms with Gasteiger partial charge in [0, 0.05) is 19.8 Å². The molecule has 6 heteroatoms. The minimum absolute atomic E-state index is 0.213. The maximum atomic E-state index is 5.85. The molecule has 0 atom stereocenters. The number of para-hydroxylation sites is 2. The van der Waals surface area contributed by atoms with Crippen LogP contribution in [0, 0.1) is 0 Å². The van der Waals surface area contributed by atoms with Gasteiger partial charge < -0.3 is 10.6 Å². The highest BCUT2D eigenvalue weighted by Crippen LogP contribution is 2.19. The Hall–Kier alpha value is -3.41. The number of fused-ring (bicyclic) bond motifs is 3. The zero-order valence-corrected chi connectivity index (χ0v) is 14.1. The van der Waals surface area contributed by atoms with E-state index in [2.05, 4.69) is 44.1 Å². The first-order valence-corrected chi connectivity index (χ1v) is 7.98. The molecular formula is C19H18N6. The van der Waals surface area contributed by atoms with Crippen LogP contribution in [0.15, 0.2) is 48.5 Å². The van der Waals surface area contributed by atoms with Gasteiger partial charge in [-0.2, -0.15) is 9.97 Å². The lowest BCUT2D eigenvalue weighted by atomic mass is 10.2. The van der Waals surface area contributed by atoms with Crippen LogP contribution in [0.5, 0.6) is 0 Å². The summed E-state index contributed by atoms with van der Waals surface area (Å²) in [5.74, 6) is 1.47. The predicted molar refractivity (Wildman–Crippen MR) is 102 cm³/mol.